The molecule has 0 atom stereocenters. The first-order valence-corrected chi connectivity index (χ1v) is 14.6. The maximum atomic E-state index is 12.2. The summed E-state index contributed by atoms with van der Waals surface area (Å²) in [5, 5.41) is 19.0. The quantitative estimate of drug-likeness (QED) is 0.341. The zero-order valence-corrected chi connectivity index (χ0v) is 25.2. The van der Waals surface area contributed by atoms with Gasteiger partial charge in [0.2, 0.25) is 5.91 Å². The van der Waals surface area contributed by atoms with Crippen molar-refractivity contribution >= 4 is 39.9 Å². The van der Waals surface area contributed by atoms with Gasteiger partial charge in [-0.05, 0) is 58.2 Å². The number of nitrogens with zero attached hydrogens (tertiary/aromatic N) is 8. The molecule has 3 aromatic heterocycles. The normalized spacial score (nSPS) is 18.0. The van der Waals surface area contributed by atoms with Crippen molar-refractivity contribution in [1.82, 2.24) is 34.7 Å². The largest absolute Gasteiger partial charge is 0.365 e. The number of rotatable bonds is 5. The fourth-order valence-electron chi connectivity index (χ4n) is 6.58. The van der Waals surface area contributed by atoms with Crippen molar-refractivity contribution < 1.29 is 4.79 Å². The lowest BCUT2D eigenvalue weighted by Gasteiger charge is -2.48. The van der Waals surface area contributed by atoms with Crippen molar-refractivity contribution in [3.63, 3.8) is 0 Å². The molecule has 0 saturated carbocycles. The number of fused-ring (bicyclic) bond motifs is 1. The van der Waals surface area contributed by atoms with Crippen LogP contribution in [-0.2, 0) is 11.8 Å². The van der Waals surface area contributed by atoms with E-state index in [1.165, 1.54) is 6.08 Å². The fraction of sp³-hybridized carbons (Fsp3) is 0.467. The van der Waals surface area contributed by atoms with Gasteiger partial charge in [0.1, 0.15) is 0 Å². The highest BCUT2D eigenvalue weighted by atomic mass is 35.5. The topological polar surface area (TPSA) is 91.1 Å². The molecule has 2 saturated heterocycles. The average Bonchev–Trinajstić information content (AvgIpc) is 3.68. The van der Waals surface area contributed by atoms with E-state index < -0.39 is 0 Å². The van der Waals surface area contributed by atoms with Gasteiger partial charge in [0.25, 0.3) is 0 Å². The van der Waals surface area contributed by atoms with Crippen LogP contribution in [0.1, 0.15) is 44.0 Å². The van der Waals surface area contributed by atoms with Gasteiger partial charge in [-0.3, -0.25) is 19.3 Å². The maximum absolute atomic E-state index is 12.2. The van der Waals surface area contributed by atoms with Crippen LogP contribution in [0.5, 0.6) is 0 Å². The van der Waals surface area contributed by atoms with Crippen molar-refractivity contribution in [3.05, 3.63) is 53.6 Å². The second kappa shape index (κ2) is 10.2. The molecule has 6 rings (SSSR count). The standard InChI is InChI=1S/C30H38ClN9O/c1-7-25(41)37-10-8-21(9-11-37)40-20(3)26(27-23-16-32-34-24(23)14-19(2)28(27)31)29(35-40)39-13-12-38(18-30(39,4)5)22-15-33-36(6)17-22/h7,14-17,21H,1,8-13,18H2,2-6H3,(H,32,34). The smallest absolute Gasteiger partial charge is 0.245 e. The summed E-state index contributed by atoms with van der Waals surface area (Å²) in [6.07, 6.45) is 8.94. The van der Waals surface area contributed by atoms with Crippen LogP contribution in [0.4, 0.5) is 11.5 Å². The number of piperazine rings is 1. The molecule has 216 valence electrons. The van der Waals surface area contributed by atoms with E-state index in [0.717, 1.165) is 82.3 Å². The summed E-state index contributed by atoms with van der Waals surface area (Å²) in [6.45, 7) is 16.3. The summed E-state index contributed by atoms with van der Waals surface area (Å²) in [6, 6.07) is 2.23. The molecule has 0 aliphatic carbocycles. The van der Waals surface area contributed by atoms with Crippen LogP contribution in [0, 0.1) is 13.8 Å². The number of aromatic amines is 1. The van der Waals surface area contributed by atoms with Gasteiger partial charge < -0.3 is 14.7 Å². The predicted octanol–water partition coefficient (Wildman–Crippen LogP) is 4.88. The summed E-state index contributed by atoms with van der Waals surface area (Å²) < 4.78 is 4.04. The Morgan fingerprint density at radius 1 is 1.15 bits per heavy atom. The van der Waals surface area contributed by atoms with Crippen LogP contribution in [0.25, 0.3) is 22.0 Å². The minimum atomic E-state index is -0.222. The summed E-state index contributed by atoms with van der Waals surface area (Å²) >= 11 is 7.12. The molecule has 1 N–H and O–H groups in total. The van der Waals surface area contributed by atoms with E-state index in [0.29, 0.717) is 13.1 Å². The molecule has 11 heteroatoms. The number of halogens is 1. The van der Waals surface area contributed by atoms with Gasteiger partial charge in [-0.15, -0.1) is 0 Å². The lowest BCUT2D eigenvalue weighted by atomic mass is 9.94. The number of nitrogens with one attached hydrogen (secondary N) is 1. The van der Waals surface area contributed by atoms with E-state index in [1.807, 2.05) is 35.9 Å². The highest BCUT2D eigenvalue weighted by Gasteiger charge is 2.39. The highest BCUT2D eigenvalue weighted by Crippen LogP contribution is 2.46. The highest BCUT2D eigenvalue weighted by molar-refractivity contribution is 6.36. The number of benzene rings is 1. The molecule has 10 nitrogen and oxygen atoms in total. The van der Waals surface area contributed by atoms with Crippen LogP contribution in [0.15, 0.2) is 37.3 Å². The Balaban J connectivity index is 1.45. The lowest BCUT2D eigenvalue weighted by molar-refractivity contribution is -0.127. The molecule has 41 heavy (non-hydrogen) atoms. The van der Waals surface area contributed by atoms with E-state index in [1.54, 1.807) is 0 Å². The molecule has 5 heterocycles. The van der Waals surface area contributed by atoms with Crippen molar-refractivity contribution in [3.8, 4) is 11.1 Å². The van der Waals surface area contributed by atoms with Crippen molar-refractivity contribution in [2.45, 2.75) is 52.1 Å². The molecule has 2 fully saturated rings. The number of anilines is 2. The van der Waals surface area contributed by atoms with Gasteiger partial charge in [-0.1, -0.05) is 18.2 Å². The first-order valence-electron chi connectivity index (χ1n) is 14.2. The van der Waals surface area contributed by atoms with Crippen LogP contribution >= 0.6 is 11.6 Å². The van der Waals surface area contributed by atoms with Gasteiger partial charge in [0.05, 0.1) is 40.2 Å². The van der Waals surface area contributed by atoms with E-state index in [9.17, 15) is 4.79 Å². The second-order valence-electron chi connectivity index (χ2n) is 12.0. The number of aromatic nitrogens is 6. The molecule has 0 radical (unpaired) electrons. The van der Waals surface area contributed by atoms with Crippen molar-refractivity contribution in [2.75, 3.05) is 42.5 Å². The SMILES string of the molecule is C=CC(=O)N1CCC(n2nc(N3CCN(c4cnn(C)c4)CC3(C)C)c(-c3c(Cl)c(C)cc4[nH]ncc34)c2C)CC1. The molecule has 2 aliphatic heterocycles. The monoisotopic (exact) mass is 575 g/mol. The summed E-state index contributed by atoms with van der Waals surface area (Å²) in [5.41, 5.74) is 5.96. The molecular formula is C30H38ClN9O. The lowest BCUT2D eigenvalue weighted by Crippen LogP contribution is -2.60. The Morgan fingerprint density at radius 3 is 2.56 bits per heavy atom. The number of likely N-dealkylation sites (tertiary alicyclic amines) is 1. The third kappa shape index (κ3) is 4.67. The molecule has 4 aromatic rings. The minimum Gasteiger partial charge on any atom is -0.365 e. The average molecular weight is 576 g/mol. The van der Waals surface area contributed by atoms with Crippen LogP contribution in [0.3, 0.4) is 0 Å². The Bertz CT molecular complexity index is 1620. The number of carbonyl (C=O) groups excluding carboxylic acids is 1. The van der Waals surface area contributed by atoms with Crippen molar-refractivity contribution in [1.29, 1.82) is 0 Å². The zero-order chi connectivity index (χ0) is 29.1. The number of aryl methyl sites for hydroxylation is 2. The Hall–Kier alpha value is -3.79. The third-order valence-corrected chi connectivity index (χ3v) is 9.24. The third-order valence-electron chi connectivity index (χ3n) is 8.76. The summed E-state index contributed by atoms with van der Waals surface area (Å²) in [4.78, 5) is 19.0. The molecule has 0 bridgehead atoms. The number of H-pyrrole nitrogens is 1. The van der Waals surface area contributed by atoms with Crippen LogP contribution in [-0.4, -0.2) is 78.8 Å². The number of amides is 1. The predicted molar refractivity (Wildman–Crippen MR) is 164 cm³/mol. The Labute approximate surface area is 245 Å². The van der Waals surface area contributed by atoms with Gasteiger partial charge in [-0.25, -0.2) is 0 Å². The fourth-order valence-corrected chi connectivity index (χ4v) is 6.84. The first-order chi connectivity index (χ1) is 19.6. The van der Waals surface area contributed by atoms with E-state index in [2.05, 4.69) is 69.4 Å². The number of piperidine rings is 1. The number of hydrogen-bond donors (Lipinski definition) is 1. The molecule has 1 amide bonds. The Kier molecular flexibility index (Phi) is 6.84. The molecule has 1 aromatic carbocycles. The van der Waals surface area contributed by atoms with Gasteiger partial charge in [0, 0.05) is 68.2 Å². The zero-order valence-electron chi connectivity index (χ0n) is 24.5. The number of carbonyl (C=O) groups is 1. The van der Waals surface area contributed by atoms with Crippen LogP contribution in [0.2, 0.25) is 5.02 Å². The Morgan fingerprint density at radius 2 is 1.90 bits per heavy atom. The minimum absolute atomic E-state index is 0.0101. The molecular weight excluding hydrogens is 538 g/mol. The van der Waals surface area contributed by atoms with Crippen LogP contribution < -0.4 is 9.80 Å². The second-order valence-corrected chi connectivity index (χ2v) is 12.3. The van der Waals surface area contributed by atoms with Gasteiger partial charge in [0.15, 0.2) is 5.82 Å². The van der Waals surface area contributed by atoms with E-state index in [4.69, 9.17) is 16.7 Å². The summed E-state index contributed by atoms with van der Waals surface area (Å²) in [5.74, 6) is 0.932. The van der Waals surface area contributed by atoms with Gasteiger partial charge in [-0.2, -0.15) is 15.3 Å². The maximum Gasteiger partial charge on any atom is 0.245 e. The first kappa shape index (κ1) is 27.4. The summed E-state index contributed by atoms with van der Waals surface area (Å²) in [7, 11) is 1.95. The molecule has 0 unspecified atom stereocenters. The van der Waals surface area contributed by atoms with Crippen molar-refractivity contribution in [2.24, 2.45) is 7.05 Å². The van der Waals surface area contributed by atoms with E-state index >= 15 is 0 Å². The van der Waals surface area contributed by atoms with E-state index in [-0.39, 0.29) is 17.5 Å². The number of hydrogen-bond acceptors (Lipinski definition) is 6. The molecule has 2 aliphatic rings. The van der Waals surface area contributed by atoms with Gasteiger partial charge >= 0.3 is 0 Å². The molecule has 0 spiro atoms.